The molecule has 1 heterocycles. The van der Waals surface area contributed by atoms with Gasteiger partial charge in [0.1, 0.15) is 17.1 Å². The third-order valence-electron chi connectivity index (χ3n) is 6.82. The van der Waals surface area contributed by atoms with Gasteiger partial charge in [0.25, 0.3) is 11.7 Å². The number of likely N-dealkylation sites (N-methyl/N-ethyl adjacent to an activating group) is 1. The number of nitrogens with zero attached hydrogens (tertiary/aromatic N) is 1. The van der Waals surface area contributed by atoms with E-state index in [0.717, 1.165) is 0 Å². The first-order valence-electron chi connectivity index (χ1n) is 10.2. The minimum Gasteiger partial charge on any atom is -0.507 e. The van der Waals surface area contributed by atoms with Gasteiger partial charge in [-0.05, 0) is 31.6 Å². The lowest BCUT2D eigenvalue weighted by Gasteiger charge is -2.46. The van der Waals surface area contributed by atoms with E-state index in [0.29, 0.717) is 5.56 Å². The smallest absolute Gasteiger partial charge is 0.341 e. The Bertz CT molecular complexity index is 1150. The molecule has 0 spiro atoms. The van der Waals surface area contributed by atoms with Gasteiger partial charge in [-0.15, -0.1) is 0 Å². The summed E-state index contributed by atoms with van der Waals surface area (Å²) < 4.78 is 5.20. The summed E-state index contributed by atoms with van der Waals surface area (Å²) in [6.07, 6.45) is -1.72. The molecule has 0 radical (unpaired) electrons. The van der Waals surface area contributed by atoms with Crippen molar-refractivity contribution in [1.29, 1.82) is 0 Å². The van der Waals surface area contributed by atoms with Crippen molar-refractivity contribution in [3.8, 4) is 5.75 Å². The van der Waals surface area contributed by atoms with Crippen molar-refractivity contribution in [2.45, 2.75) is 30.8 Å². The SMILES string of the molecule is C[C@H]1c2cccc(O)c2C(O)=C2C(=O)OC3(O)C(O)=C(C(N)=O)C(=O)[C@@H](N(C)C)[C@@H]3[C@@H](O)[C@@H]21. The van der Waals surface area contributed by atoms with E-state index in [1.54, 1.807) is 13.0 Å². The number of hydrogen-bond donors (Lipinski definition) is 6. The van der Waals surface area contributed by atoms with E-state index >= 15 is 0 Å². The lowest BCUT2D eigenvalue weighted by atomic mass is 9.65. The van der Waals surface area contributed by atoms with Crippen molar-refractivity contribution in [2.24, 2.45) is 17.6 Å². The molecule has 2 aliphatic carbocycles. The Morgan fingerprint density at radius 1 is 1.18 bits per heavy atom. The molecule has 33 heavy (non-hydrogen) atoms. The summed E-state index contributed by atoms with van der Waals surface area (Å²) in [6, 6.07) is 3.01. The van der Waals surface area contributed by atoms with Crippen molar-refractivity contribution in [2.75, 3.05) is 14.1 Å². The summed E-state index contributed by atoms with van der Waals surface area (Å²) in [5, 5.41) is 54.8. The van der Waals surface area contributed by atoms with Gasteiger partial charge in [-0.3, -0.25) is 14.5 Å². The number of primary amides is 1. The zero-order chi connectivity index (χ0) is 24.6. The lowest BCUT2D eigenvalue weighted by molar-refractivity contribution is -0.243. The maximum atomic E-state index is 13.2. The monoisotopic (exact) mass is 460 g/mol. The molecule has 11 heteroatoms. The fourth-order valence-corrected chi connectivity index (χ4v) is 5.36. The molecule has 4 rings (SSSR count). The van der Waals surface area contributed by atoms with Crippen LogP contribution in [0, 0.1) is 11.8 Å². The number of Topliss-reactive ketones (excluding diaryl/α,β-unsaturated/α-hetero) is 1. The van der Waals surface area contributed by atoms with E-state index in [9.17, 15) is 39.9 Å². The van der Waals surface area contributed by atoms with Crippen LogP contribution in [-0.4, -0.2) is 80.1 Å². The van der Waals surface area contributed by atoms with Crippen LogP contribution in [-0.2, 0) is 19.1 Å². The van der Waals surface area contributed by atoms with E-state index in [1.807, 2.05) is 0 Å². The number of ketones is 1. The summed E-state index contributed by atoms with van der Waals surface area (Å²) in [4.78, 5) is 39.5. The number of hydrogen-bond acceptors (Lipinski definition) is 10. The lowest BCUT2D eigenvalue weighted by Crippen LogP contribution is -2.64. The number of benzene rings is 1. The molecule has 1 saturated heterocycles. The van der Waals surface area contributed by atoms with Crippen molar-refractivity contribution < 1.29 is 44.7 Å². The van der Waals surface area contributed by atoms with Crippen LogP contribution in [0.15, 0.2) is 35.1 Å². The number of amides is 1. The van der Waals surface area contributed by atoms with Crippen molar-refractivity contribution in [3.63, 3.8) is 0 Å². The third-order valence-corrected chi connectivity index (χ3v) is 6.82. The number of esters is 1. The van der Waals surface area contributed by atoms with E-state index in [4.69, 9.17) is 10.5 Å². The number of aliphatic hydroxyl groups excluding tert-OH is 3. The maximum absolute atomic E-state index is 13.2. The van der Waals surface area contributed by atoms with Crippen LogP contribution in [0.2, 0.25) is 0 Å². The molecule has 1 aromatic rings. The van der Waals surface area contributed by atoms with E-state index in [1.165, 1.54) is 31.1 Å². The Kier molecular flexibility index (Phi) is 5.04. The van der Waals surface area contributed by atoms with Crippen LogP contribution < -0.4 is 5.73 Å². The molecule has 0 saturated carbocycles. The van der Waals surface area contributed by atoms with Gasteiger partial charge < -0.3 is 36.0 Å². The third kappa shape index (κ3) is 2.89. The number of aliphatic hydroxyl groups is 4. The number of phenolic OH excluding ortho intramolecular Hbond substituents is 1. The van der Waals surface area contributed by atoms with Crippen LogP contribution in [0.5, 0.6) is 5.75 Å². The Morgan fingerprint density at radius 2 is 1.82 bits per heavy atom. The van der Waals surface area contributed by atoms with Crippen molar-refractivity contribution in [1.82, 2.24) is 4.90 Å². The van der Waals surface area contributed by atoms with Gasteiger partial charge in [-0.25, -0.2) is 4.79 Å². The average molecular weight is 460 g/mol. The Hall–Kier alpha value is -3.41. The highest BCUT2D eigenvalue weighted by Crippen LogP contribution is 2.53. The molecule has 1 unspecified atom stereocenters. The van der Waals surface area contributed by atoms with Gasteiger partial charge in [0.05, 0.1) is 29.2 Å². The Morgan fingerprint density at radius 3 is 2.39 bits per heavy atom. The highest BCUT2D eigenvalue weighted by atomic mass is 16.7. The largest absolute Gasteiger partial charge is 0.507 e. The standard InChI is InChI=1S/C22H24N2O9/c1-7-8-5-4-6-9(25)11(8)16(26)12-10(7)17(27)14-15(24(2)3)18(28)13(20(23)30)19(29)22(14,32)33-21(12)31/h4-7,10,14-15,17,25-27,29,32H,1-3H3,(H2,23,30)/t7-,10+,14+,15-,17-,22?/m0/s1. The zero-order valence-corrected chi connectivity index (χ0v) is 18.0. The van der Waals surface area contributed by atoms with Gasteiger partial charge in [0.2, 0.25) is 0 Å². The summed E-state index contributed by atoms with van der Waals surface area (Å²) in [7, 11) is 2.88. The van der Waals surface area contributed by atoms with Crippen LogP contribution in [0.4, 0.5) is 0 Å². The summed E-state index contributed by atoms with van der Waals surface area (Å²) in [5.41, 5.74) is 4.24. The molecule has 1 aliphatic heterocycles. The van der Waals surface area contributed by atoms with Gasteiger partial charge in [0.15, 0.2) is 11.5 Å². The van der Waals surface area contributed by atoms with Crippen LogP contribution in [0.3, 0.4) is 0 Å². The number of rotatable bonds is 2. The Labute approximate surface area is 188 Å². The number of ether oxygens (including phenoxy) is 1. The molecule has 6 atom stereocenters. The quantitative estimate of drug-likeness (QED) is 0.246. The molecule has 0 aromatic heterocycles. The second-order valence-electron chi connectivity index (χ2n) is 8.78. The number of carbonyl (C=O) groups excluding carboxylic acids is 3. The predicted octanol–water partition coefficient (Wildman–Crippen LogP) is -0.573. The highest BCUT2D eigenvalue weighted by Gasteiger charge is 2.65. The highest BCUT2D eigenvalue weighted by molar-refractivity contribution is 6.22. The molecule has 1 aromatic carbocycles. The normalized spacial score (nSPS) is 33.8. The molecule has 1 amide bonds. The number of nitrogens with two attached hydrogens (primary N) is 1. The Balaban J connectivity index is 2.02. The second kappa shape index (κ2) is 7.30. The predicted molar refractivity (Wildman–Crippen MR) is 111 cm³/mol. The minimum atomic E-state index is -3.00. The van der Waals surface area contributed by atoms with Gasteiger partial charge >= 0.3 is 5.97 Å². The summed E-state index contributed by atoms with van der Waals surface area (Å²) >= 11 is 0. The van der Waals surface area contributed by atoms with Crippen molar-refractivity contribution >= 4 is 23.4 Å². The number of phenols is 1. The van der Waals surface area contributed by atoms with E-state index < -0.39 is 76.0 Å². The zero-order valence-electron chi connectivity index (χ0n) is 18.0. The van der Waals surface area contributed by atoms with Crippen molar-refractivity contribution in [3.05, 3.63) is 46.2 Å². The first kappa shape index (κ1) is 22.8. The van der Waals surface area contributed by atoms with Crippen LogP contribution >= 0.6 is 0 Å². The van der Waals surface area contributed by atoms with Gasteiger partial charge in [0, 0.05) is 5.92 Å². The number of fused-ring (bicyclic) bond motifs is 3. The molecular formula is C22H24N2O9. The van der Waals surface area contributed by atoms with E-state index in [2.05, 4.69) is 0 Å². The molecule has 7 N–H and O–H groups in total. The second-order valence-corrected chi connectivity index (χ2v) is 8.78. The van der Waals surface area contributed by atoms with E-state index in [-0.39, 0.29) is 11.3 Å². The average Bonchev–Trinajstić information content (AvgIpc) is 2.80. The molecule has 11 nitrogen and oxygen atoms in total. The van der Waals surface area contributed by atoms with Crippen LogP contribution in [0.25, 0.3) is 5.76 Å². The van der Waals surface area contributed by atoms with Crippen LogP contribution in [0.1, 0.15) is 24.0 Å². The molecule has 176 valence electrons. The van der Waals surface area contributed by atoms with Gasteiger partial charge in [-0.2, -0.15) is 0 Å². The molecular weight excluding hydrogens is 436 g/mol. The fraction of sp³-hybridized carbons (Fsp3) is 0.409. The molecule has 3 aliphatic rings. The molecule has 0 bridgehead atoms. The number of aromatic hydroxyl groups is 1. The maximum Gasteiger partial charge on any atom is 0.341 e. The first-order chi connectivity index (χ1) is 15.3. The topological polar surface area (TPSA) is 191 Å². The summed E-state index contributed by atoms with van der Waals surface area (Å²) in [5.74, 6) is -12.4. The number of carbonyl (C=O) groups is 3. The first-order valence-corrected chi connectivity index (χ1v) is 10.2. The molecule has 1 fully saturated rings. The minimum absolute atomic E-state index is 0.0323. The fourth-order valence-electron chi connectivity index (χ4n) is 5.36. The summed E-state index contributed by atoms with van der Waals surface area (Å²) in [6.45, 7) is 1.64. The van der Waals surface area contributed by atoms with Gasteiger partial charge in [-0.1, -0.05) is 19.1 Å².